The molecule has 8 nitrogen and oxygen atoms in total. The molecular weight excluding hydrogens is 573 g/mol. The van der Waals surface area contributed by atoms with Crippen molar-refractivity contribution in [3.05, 3.63) is 99.5 Å². The number of sulfonamides is 1. The van der Waals surface area contributed by atoms with Gasteiger partial charge in [0.25, 0.3) is 15.9 Å². The van der Waals surface area contributed by atoms with Crippen LogP contribution in [-0.4, -0.2) is 54.0 Å². The van der Waals surface area contributed by atoms with Gasteiger partial charge in [0.1, 0.15) is 17.5 Å². The van der Waals surface area contributed by atoms with Gasteiger partial charge >= 0.3 is 0 Å². The molecule has 1 aliphatic rings. The zero-order valence-electron chi connectivity index (χ0n) is 22.0. The van der Waals surface area contributed by atoms with Crippen molar-refractivity contribution in [3.8, 4) is 0 Å². The van der Waals surface area contributed by atoms with Crippen LogP contribution < -0.4 is 5.32 Å². The van der Waals surface area contributed by atoms with Crippen molar-refractivity contribution in [2.75, 3.05) is 6.54 Å². The van der Waals surface area contributed by atoms with Gasteiger partial charge in [0, 0.05) is 34.6 Å². The van der Waals surface area contributed by atoms with E-state index >= 15 is 0 Å². The smallest absolute Gasteiger partial charge is 0.269 e. The predicted octanol–water partition coefficient (Wildman–Crippen LogP) is 4.69. The van der Waals surface area contributed by atoms with Gasteiger partial charge in [-0.15, -0.1) is 0 Å². The van der Waals surface area contributed by atoms with E-state index in [2.05, 4.69) is 5.32 Å². The number of benzene rings is 3. The zero-order chi connectivity index (χ0) is 29.0. The number of nitrogens with zero attached hydrogens (tertiary/aromatic N) is 2. The van der Waals surface area contributed by atoms with Crippen molar-refractivity contribution in [2.45, 2.75) is 50.2 Å². The molecule has 40 heavy (non-hydrogen) atoms. The molecule has 0 spiro atoms. The molecule has 3 amide bonds. The summed E-state index contributed by atoms with van der Waals surface area (Å²) in [6.07, 6.45) is 0.796. The number of carbonyl (C=O) groups is 3. The van der Waals surface area contributed by atoms with Crippen molar-refractivity contribution in [1.82, 2.24) is 14.5 Å². The van der Waals surface area contributed by atoms with Gasteiger partial charge in [-0.25, -0.2) is 12.7 Å². The molecule has 1 aliphatic heterocycles. The van der Waals surface area contributed by atoms with Crippen LogP contribution in [0.5, 0.6) is 0 Å². The average molecular weight is 603 g/mol. The topological polar surface area (TPSA) is 104 Å². The fourth-order valence-electron chi connectivity index (χ4n) is 4.45. The fourth-order valence-corrected chi connectivity index (χ4v) is 6.48. The molecule has 3 aromatic carbocycles. The number of fused-ring (bicyclic) bond motifs is 1. The summed E-state index contributed by atoms with van der Waals surface area (Å²) in [5.41, 5.74) is 1.17. The van der Waals surface area contributed by atoms with Gasteiger partial charge in [0.05, 0.1) is 5.56 Å². The second-order valence-electron chi connectivity index (χ2n) is 9.56. The van der Waals surface area contributed by atoms with Crippen molar-refractivity contribution in [1.29, 1.82) is 0 Å². The van der Waals surface area contributed by atoms with Gasteiger partial charge in [0.15, 0.2) is 0 Å². The average Bonchev–Trinajstić information content (AvgIpc) is 3.13. The Bertz CT molecular complexity index is 1510. The molecule has 0 fully saturated rings. The number of halogens is 2. The first-order chi connectivity index (χ1) is 19.0. The summed E-state index contributed by atoms with van der Waals surface area (Å²) in [7, 11) is -4.26. The van der Waals surface area contributed by atoms with E-state index in [9.17, 15) is 22.8 Å². The molecule has 1 heterocycles. The molecule has 2 unspecified atom stereocenters. The lowest BCUT2D eigenvalue weighted by atomic mass is 10.0. The van der Waals surface area contributed by atoms with E-state index in [1.807, 2.05) is 44.2 Å². The lowest BCUT2D eigenvalue weighted by molar-refractivity contribution is -0.141. The molecule has 11 heteroatoms. The van der Waals surface area contributed by atoms with Crippen LogP contribution in [0.25, 0.3) is 0 Å². The van der Waals surface area contributed by atoms with E-state index in [1.54, 1.807) is 24.3 Å². The third-order valence-corrected chi connectivity index (χ3v) is 9.35. The molecule has 2 atom stereocenters. The van der Waals surface area contributed by atoms with Crippen LogP contribution in [-0.2, 0) is 32.6 Å². The summed E-state index contributed by atoms with van der Waals surface area (Å²) >= 11 is 12.9. The fraction of sp³-hybridized carbons (Fsp3) is 0.276. The van der Waals surface area contributed by atoms with Gasteiger partial charge in [-0.3, -0.25) is 14.4 Å². The summed E-state index contributed by atoms with van der Waals surface area (Å²) in [5, 5.41) is 3.50. The first kappa shape index (κ1) is 29.6. The van der Waals surface area contributed by atoms with Crippen molar-refractivity contribution in [2.24, 2.45) is 0 Å². The molecule has 0 aliphatic carbocycles. The van der Waals surface area contributed by atoms with E-state index in [-0.39, 0.29) is 39.5 Å². The third-order valence-electron chi connectivity index (χ3n) is 6.85. The SMILES string of the molecule is CCC(C)NC(=O)C(Cc1ccccc1)N(Cc1c(Cl)cccc1Cl)C(=O)CN1C(=O)c2ccccc2S1(=O)=O. The molecule has 0 saturated carbocycles. The first-order valence-electron chi connectivity index (χ1n) is 12.8. The van der Waals surface area contributed by atoms with Crippen LogP contribution in [0.1, 0.15) is 41.8 Å². The van der Waals surface area contributed by atoms with E-state index in [4.69, 9.17) is 23.2 Å². The minimum atomic E-state index is -4.26. The van der Waals surface area contributed by atoms with Crippen molar-refractivity contribution >= 4 is 50.9 Å². The largest absolute Gasteiger partial charge is 0.352 e. The summed E-state index contributed by atoms with van der Waals surface area (Å²) in [5.74, 6) is -1.97. The predicted molar refractivity (Wildman–Crippen MR) is 154 cm³/mol. The zero-order valence-corrected chi connectivity index (χ0v) is 24.3. The van der Waals surface area contributed by atoms with Gasteiger partial charge in [-0.1, -0.05) is 78.7 Å². The maximum absolute atomic E-state index is 14.0. The molecule has 210 valence electrons. The van der Waals surface area contributed by atoms with E-state index < -0.39 is 40.3 Å². The number of hydrogen-bond acceptors (Lipinski definition) is 5. The number of hydrogen-bond donors (Lipinski definition) is 1. The Balaban J connectivity index is 1.76. The minimum Gasteiger partial charge on any atom is -0.352 e. The van der Waals surface area contributed by atoms with Crippen molar-refractivity contribution < 1.29 is 22.8 Å². The van der Waals surface area contributed by atoms with Gasteiger partial charge in [-0.2, -0.15) is 0 Å². The second-order valence-corrected chi connectivity index (χ2v) is 12.2. The van der Waals surface area contributed by atoms with Crippen LogP contribution in [0, 0.1) is 0 Å². The number of amides is 3. The highest BCUT2D eigenvalue weighted by Crippen LogP contribution is 2.31. The Hall–Kier alpha value is -3.40. The van der Waals surface area contributed by atoms with Crippen LogP contribution in [0.4, 0.5) is 0 Å². The number of nitrogens with one attached hydrogen (secondary N) is 1. The maximum Gasteiger partial charge on any atom is 0.269 e. The van der Waals surface area contributed by atoms with Crippen LogP contribution in [0.3, 0.4) is 0 Å². The molecule has 1 N–H and O–H groups in total. The highest BCUT2D eigenvalue weighted by atomic mass is 35.5. The maximum atomic E-state index is 14.0. The lowest BCUT2D eigenvalue weighted by Gasteiger charge is -2.33. The summed E-state index contributed by atoms with van der Waals surface area (Å²) in [6.45, 7) is 2.80. The van der Waals surface area contributed by atoms with Gasteiger partial charge < -0.3 is 10.2 Å². The molecule has 0 bridgehead atoms. The summed E-state index contributed by atoms with van der Waals surface area (Å²) in [6, 6.07) is 18.6. The second kappa shape index (κ2) is 12.4. The Morgan fingerprint density at radius 2 is 1.57 bits per heavy atom. The minimum absolute atomic E-state index is 0.00801. The molecule has 0 saturated heterocycles. The molecule has 4 rings (SSSR count). The van der Waals surface area contributed by atoms with Crippen LogP contribution in [0.2, 0.25) is 10.0 Å². The molecule has 0 radical (unpaired) electrons. The lowest BCUT2D eigenvalue weighted by Crippen LogP contribution is -2.54. The van der Waals surface area contributed by atoms with Crippen LogP contribution in [0.15, 0.2) is 77.7 Å². The Morgan fingerprint density at radius 3 is 2.20 bits per heavy atom. The number of carbonyl (C=O) groups excluding carboxylic acids is 3. The third kappa shape index (κ3) is 6.16. The first-order valence-corrected chi connectivity index (χ1v) is 15.0. The van der Waals surface area contributed by atoms with E-state index in [0.717, 1.165) is 5.56 Å². The highest BCUT2D eigenvalue weighted by Gasteiger charge is 2.43. The molecular formula is C29H29Cl2N3O5S. The van der Waals surface area contributed by atoms with Crippen molar-refractivity contribution in [3.63, 3.8) is 0 Å². The molecule has 0 aromatic heterocycles. The Kier molecular flexibility index (Phi) is 9.18. The monoisotopic (exact) mass is 601 g/mol. The summed E-state index contributed by atoms with van der Waals surface area (Å²) in [4.78, 5) is 41.8. The van der Waals surface area contributed by atoms with E-state index in [1.165, 1.54) is 23.1 Å². The standard InChI is InChI=1S/C29H29Cl2N3O5S/c1-3-19(2)32-28(36)25(16-20-10-5-4-6-11-20)33(17-22-23(30)13-9-14-24(22)31)27(35)18-34-29(37)21-12-7-8-15-26(21)40(34,38)39/h4-15,19,25H,3,16-18H2,1-2H3,(H,32,36). The summed E-state index contributed by atoms with van der Waals surface area (Å²) < 4.78 is 27.0. The normalized spacial score (nSPS) is 15.3. The van der Waals surface area contributed by atoms with Gasteiger partial charge in [0.2, 0.25) is 11.8 Å². The Morgan fingerprint density at radius 1 is 0.950 bits per heavy atom. The van der Waals surface area contributed by atoms with E-state index in [0.29, 0.717) is 16.3 Å². The quantitative estimate of drug-likeness (QED) is 0.363. The number of rotatable bonds is 10. The Labute approximate surface area is 243 Å². The highest BCUT2D eigenvalue weighted by molar-refractivity contribution is 7.90. The van der Waals surface area contributed by atoms with Gasteiger partial charge in [-0.05, 0) is 43.2 Å². The molecule has 3 aromatic rings. The van der Waals surface area contributed by atoms with Crippen LogP contribution >= 0.6 is 23.2 Å².